The number of anilines is 1. The van der Waals surface area contributed by atoms with Crippen molar-refractivity contribution in [2.75, 3.05) is 11.9 Å². The SMILES string of the molecule is CN(Cc1cncc(Br)c1)c1cccc(C#N)c1. The molecule has 90 valence electrons. The summed E-state index contributed by atoms with van der Waals surface area (Å²) in [5.41, 5.74) is 2.81. The van der Waals surface area contributed by atoms with E-state index in [4.69, 9.17) is 5.26 Å². The number of benzene rings is 1. The summed E-state index contributed by atoms with van der Waals surface area (Å²) in [5, 5.41) is 8.89. The average Bonchev–Trinajstić information content (AvgIpc) is 2.39. The van der Waals surface area contributed by atoms with E-state index in [0.29, 0.717) is 5.56 Å². The van der Waals surface area contributed by atoms with Crippen molar-refractivity contribution in [3.05, 3.63) is 58.3 Å². The van der Waals surface area contributed by atoms with E-state index in [2.05, 4.69) is 31.9 Å². The van der Waals surface area contributed by atoms with Gasteiger partial charge in [0.05, 0.1) is 11.6 Å². The third kappa shape index (κ3) is 3.08. The highest BCUT2D eigenvalue weighted by atomic mass is 79.9. The Hall–Kier alpha value is -1.86. The Morgan fingerprint density at radius 2 is 2.17 bits per heavy atom. The van der Waals surface area contributed by atoms with Gasteiger partial charge in [0.1, 0.15) is 0 Å². The molecule has 0 bridgehead atoms. The third-order valence-corrected chi connectivity index (χ3v) is 3.03. The first-order valence-corrected chi connectivity index (χ1v) is 6.29. The van der Waals surface area contributed by atoms with E-state index in [0.717, 1.165) is 22.3 Å². The lowest BCUT2D eigenvalue weighted by atomic mass is 10.2. The Morgan fingerprint density at radius 3 is 2.89 bits per heavy atom. The fourth-order valence-corrected chi connectivity index (χ4v) is 2.13. The molecule has 18 heavy (non-hydrogen) atoms. The summed E-state index contributed by atoms with van der Waals surface area (Å²) >= 11 is 3.41. The van der Waals surface area contributed by atoms with Gasteiger partial charge in [-0.05, 0) is 45.8 Å². The molecule has 3 nitrogen and oxygen atoms in total. The number of nitrogens with zero attached hydrogens (tertiary/aromatic N) is 3. The van der Waals surface area contributed by atoms with Crippen molar-refractivity contribution >= 4 is 21.6 Å². The number of hydrogen-bond donors (Lipinski definition) is 0. The summed E-state index contributed by atoms with van der Waals surface area (Å²) in [7, 11) is 2.00. The summed E-state index contributed by atoms with van der Waals surface area (Å²) in [6.07, 6.45) is 3.61. The van der Waals surface area contributed by atoms with Crippen molar-refractivity contribution in [1.29, 1.82) is 5.26 Å². The van der Waals surface area contributed by atoms with Crippen molar-refractivity contribution in [3.63, 3.8) is 0 Å². The van der Waals surface area contributed by atoms with E-state index in [1.165, 1.54) is 0 Å². The van der Waals surface area contributed by atoms with Gasteiger partial charge in [0.15, 0.2) is 0 Å². The van der Waals surface area contributed by atoms with Gasteiger partial charge in [-0.2, -0.15) is 5.26 Å². The predicted molar refractivity (Wildman–Crippen MR) is 75.2 cm³/mol. The number of pyridine rings is 1. The van der Waals surface area contributed by atoms with Gasteiger partial charge in [0.25, 0.3) is 0 Å². The molecule has 0 spiro atoms. The molecule has 1 aromatic carbocycles. The quantitative estimate of drug-likeness (QED) is 0.873. The molecule has 1 heterocycles. The normalized spacial score (nSPS) is 9.83. The fraction of sp³-hybridized carbons (Fsp3) is 0.143. The van der Waals surface area contributed by atoms with Crippen LogP contribution in [0.4, 0.5) is 5.69 Å². The van der Waals surface area contributed by atoms with Gasteiger partial charge in [-0.15, -0.1) is 0 Å². The van der Waals surface area contributed by atoms with E-state index < -0.39 is 0 Å². The first-order valence-electron chi connectivity index (χ1n) is 5.50. The lowest BCUT2D eigenvalue weighted by Gasteiger charge is -2.19. The Kier molecular flexibility index (Phi) is 3.96. The molecule has 0 aliphatic rings. The zero-order valence-corrected chi connectivity index (χ0v) is 11.6. The highest BCUT2D eigenvalue weighted by Gasteiger charge is 2.03. The van der Waals surface area contributed by atoms with E-state index >= 15 is 0 Å². The van der Waals surface area contributed by atoms with Crippen LogP contribution in [0, 0.1) is 11.3 Å². The topological polar surface area (TPSA) is 39.9 Å². The number of rotatable bonds is 3. The van der Waals surface area contributed by atoms with E-state index in [1.54, 1.807) is 12.3 Å². The third-order valence-electron chi connectivity index (χ3n) is 2.60. The number of hydrogen-bond acceptors (Lipinski definition) is 3. The molecule has 2 aromatic rings. The van der Waals surface area contributed by atoms with Crippen LogP contribution < -0.4 is 4.90 Å². The van der Waals surface area contributed by atoms with E-state index in [9.17, 15) is 0 Å². The lowest BCUT2D eigenvalue weighted by molar-refractivity contribution is 0.913. The molecule has 0 saturated carbocycles. The van der Waals surface area contributed by atoms with Crippen LogP contribution in [0.3, 0.4) is 0 Å². The maximum atomic E-state index is 8.89. The van der Waals surface area contributed by atoms with Crippen molar-refractivity contribution in [3.8, 4) is 6.07 Å². The molecule has 2 rings (SSSR count). The summed E-state index contributed by atoms with van der Waals surface area (Å²) in [4.78, 5) is 6.23. The van der Waals surface area contributed by atoms with Crippen LogP contribution in [0.1, 0.15) is 11.1 Å². The van der Waals surface area contributed by atoms with Gasteiger partial charge in [-0.3, -0.25) is 4.98 Å². The second-order valence-corrected chi connectivity index (χ2v) is 4.95. The Morgan fingerprint density at radius 1 is 1.33 bits per heavy atom. The summed E-state index contributed by atoms with van der Waals surface area (Å²) < 4.78 is 0.971. The van der Waals surface area contributed by atoms with Crippen molar-refractivity contribution < 1.29 is 0 Å². The molecular weight excluding hydrogens is 290 g/mol. The smallest absolute Gasteiger partial charge is 0.0992 e. The fourth-order valence-electron chi connectivity index (χ4n) is 1.72. The second kappa shape index (κ2) is 5.65. The molecule has 0 fully saturated rings. The van der Waals surface area contributed by atoms with Crippen molar-refractivity contribution in [2.24, 2.45) is 0 Å². The zero-order valence-electron chi connectivity index (χ0n) is 9.97. The van der Waals surface area contributed by atoms with Crippen LogP contribution in [0.5, 0.6) is 0 Å². The predicted octanol–water partition coefficient (Wildman–Crippen LogP) is 3.35. The zero-order chi connectivity index (χ0) is 13.0. The van der Waals surface area contributed by atoms with Crippen LogP contribution in [-0.2, 0) is 6.54 Å². The van der Waals surface area contributed by atoms with Crippen LogP contribution in [0.25, 0.3) is 0 Å². The molecule has 0 atom stereocenters. The average molecular weight is 302 g/mol. The van der Waals surface area contributed by atoms with Crippen molar-refractivity contribution in [1.82, 2.24) is 4.98 Å². The van der Waals surface area contributed by atoms with Gasteiger partial charge in [0, 0.05) is 36.1 Å². The molecule has 4 heteroatoms. The molecule has 0 unspecified atom stereocenters. The minimum absolute atomic E-state index is 0.673. The largest absolute Gasteiger partial charge is 0.370 e. The van der Waals surface area contributed by atoms with Crippen molar-refractivity contribution in [2.45, 2.75) is 6.54 Å². The van der Waals surface area contributed by atoms with Gasteiger partial charge < -0.3 is 4.90 Å². The molecule has 0 saturated heterocycles. The molecule has 0 radical (unpaired) electrons. The highest BCUT2D eigenvalue weighted by molar-refractivity contribution is 9.10. The second-order valence-electron chi connectivity index (χ2n) is 4.03. The van der Waals surface area contributed by atoms with Gasteiger partial charge in [-0.1, -0.05) is 6.07 Å². The first-order chi connectivity index (χ1) is 8.69. The minimum atomic E-state index is 0.673. The molecule has 1 aromatic heterocycles. The summed E-state index contributed by atoms with van der Waals surface area (Å²) in [5.74, 6) is 0. The van der Waals surface area contributed by atoms with E-state index in [-0.39, 0.29) is 0 Å². The van der Waals surface area contributed by atoms with Gasteiger partial charge >= 0.3 is 0 Å². The Labute approximate surface area is 115 Å². The van der Waals surface area contributed by atoms with E-state index in [1.807, 2.05) is 37.5 Å². The number of nitriles is 1. The molecule has 0 amide bonds. The molecule has 0 N–H and O–H groups in total. The monoisotopic (exact) mass is 301 g/mol. The lowest BCUT2D eigenvalue weighted by Crippen LogP contribution is -2.16. The van der Waals surface area contributed by atoms with Gasteiger partial charge in [0.2, 0.25) is 0 Å². The van der Waals surface area contributed by atoms with Gasteiger partial charge in [-0.25, -0.2) is 0 Å². The maximum absolute atomic E-state index is 8.89. The first kappa shape index (κ1) is 12.6. The van der Waals surface area contributed by atoms with Crippen LogP contribution in [0.2, 0.25) is 0 Å². The molecule has 0 aliphatic carbocycles. The Bertz CT molecular complexity index is 590. The number of aromatic nitrogens is 1. The molecular formula is C14H12BrN3. The summed E-state index contributed by atoms with van der Waals surface area (Å²) in [6, 6.07) is 11.8. The molecule has 0 aliphatic heterocycles. The number of halogens is 1. The Balaban J connectivity index is 2.17. The maximum Gasteiger partial charge on any atom is 0.0992 e. The highest BCUT2D eigenvalue weighted by Crippen LogP contribution is 2.18. The summed E-state index contributed by atoms with van der Waals surface area (Å²) in [6.45, 7) is 0.751. The van der Waals surface area contributed by atoms with Crippen LogP contribution >= 0.6 is 15.9 Å². The van der Waals surface area contributed by atoms with Crippen LogP contribution in [0.15, 0.2) is 47.2 Å². The van der Waals surface area contributed by atoms with Crippen LogP contribution in [-0.4, -0.2) is 12.0 Å². The minimum Gasteiger partial charge on any atom is -0.370 e. The standard InChI is InChI=1S/C14H12BrN3/c1-18(10-12-5-13(15)9-17-8-12)14-4-2-3-11(6-14)7-16/h2-6,8-9H,10H2,1H3.